The Hall–Kier alpha value is -1.44. The van der Waals surface area contributed by atoms with Gasteiger partial charge in [-0.25, -0.2) is 8.42 Å². The maximum atomic E-state index is 13.6. The Morgan fingerprint density at radius 2 is 1.83 bits per heavy atom. The number of sulfonamides is 1. The summed E-state index contributed by atoms with van der Waals surface area (Å²) in [4.78, 5) is 14.0. The number of nitrogens with zero attached hydrogens (tertiary/aromatic N) is 2. The van der Waals surface area contributed by atoms with E-state index < -0.39 is 16.0 Å². The largest absolute Gasteiger partial charge is 0.481 e. The van der Waals surface area contributed by atoms with Gasteiger partial charge in [0.25, 0.3) is 0 Å². The maximum absolute atomic E-state index is 13.6. The molecular formula is C22H32N2O4S. The second kappa shape index (κ2) is 8.36. The third kappa shape index (κ3) is 4.09. The Morgan fingerprint density at radius 3 is 2.52 bits per heavy atom. The number of benzene rings is 1. The summed E-state index contributed by atoms with van der Waals surface area (Å²) in [7, 11) is -3.60. The van der Waals surface area contributed by atoms with Crippen molar-refractivity contribution in [2.75, 3.05) is 19.6 Å². The van der Waals surface area contributed by atoms with E-state index in [1.165, 1.54) is 0 Å². The van der Waals surface area contributed by atoms with E-state index in [9.17, 15) is 13.2 Å². The third-order valence-electron chi connectivity index (χ3n) is 7.14. The molecule has 4 atom stereocenters. The fraction of sp³-hybridized carbons (Fsp3) is 0.682. The predicted octanol–water partition coefficient (Wildman–Crippen LogP) is 3.11. The van der Waals surface area contributed by atoms with Crippen LogP contribution in [0.15, 0.2) is 29.2 Å². The van der Waals surface area contributed by atoms with Crippen LogP contribution in [0.25, 0.3) is 0 Å². The van der Waals surface area contributed by atoms with Crippen molar-refractivity contribution in [3.8, 4) is 0 Å². The van der Waals surface area contributed by atoms with Crippen LogP contribution in [0.1, 0.15) is 50.5 Å². The summed E-state index contributed by atoms with van der Waals surface area (Å²) in [5.41, 5.74) is 1.04. The second-order valence-corrected chi connectivity index (χ2v) is 10.9. The van der Waals surface area contributed by atoms with Gasteiger partial charge in [0.05, 0.1) is 4.90 Å². The van der Waals surface area contributed by atoms with E-state index in [2.05, 4.69) is 4.90 Å². The lowest BCUT2D eigenvalue weighted by Crippen LogP contribution is -2.65. The Kier molecular flexibility index (Phi) is 6.00. The zero-order chi connectivity index (χ0) is 20.6. The van der Waals surface area contributed by atoms with Gasteiger partial charge in [-0.3, -0.25) is 9.69 Å². The number of aryl methyl sites for hydroxylation is 1. The molecule has 0 spiro atoms. The Bertz CT molecular complexity index is 837. The molecule has 3 fully saturated rings. The number of aliphatic carboxylic acids is 1. The van der Waals surface area contributed by atoms with Crippen LogP contribution >= 0.6 is 0 Å². The van der Waals surface area contributed by atoms with Crippen molar-refractivity contribution in [1.82, 2.24) is 9.21 Å². The van der Waals surface area contributed by atoms with Crippen LogP contribution in [0.2, 0.25) is 0 Å². The van der Waals surface area contributed by atoms with Crippen molar-refractivity contribution in [2.24, 2.45) is 11.8 Å². The van der Waals surface area contributed by atoms with Gasteiger partial charge >= 0.3 is 5.97 Å². The Morgan fingerprint density at radius 1 is 1.14 bits per heavy atom. The van der Waals surface area contributed by atoms with Crippen molar-refractivity contribution in [2.45, 2.75) is 68.8 Å². The molecule has 29 heavy (non-hydrogen) atoms. The lowest BCUT2D eigenvalue weighted by molar-refractivity contribution is -0.137. The average molecular weight is 421 g/mol. The van der Waals surface area contributed by atoms with Gasteiger partial charge in [0.1, 0.15) is 0 Å². The topological polar surface area (TPSA) is 77.9 Å². The summed E-state index contributed by atoms with van der Waals surface area (Å²) in [5.74, 6) is -0.128. The molecule has 0 amide bonds. The predicted molar refractivity (Wildman–Crippen MR) is 111 cm³/mol. The van der Waals surface area contributed by atoms with E-state index >= 15 is 0 Å². The lowest BCUT2D eigenvalue weighted by Gasteiger charge is -2.57. The second-order valence-electron chi connectivity index (χ2n) is 8.98. The van der Waals surface area contributed by atoms with Crippen LogP contribution in [-0.4, -0.2) is 60.4 Å². The number of carboxylic acid groups (broad SMARTS) is 1. The first-order valence-corrected chi connectivity index (χ1v) is 12.4. The first-order valence-electron chi connectivity index (χ1n) is 10.9. The molecular weight excluding hydrogens is 388 g/mol. The Labute approximate surface area is 173 Å². The molecule has 160 valence electrons. The van der Waals surface area contributed by atoms with Crippen molar-refractivity contribution in [1.29, 1.82) is 0 Å². The standard InChI is InChI=1S/C22H32N2O4S/c1-16-9-11-18(12-10-16)29(27,28)24-15-17-5-3-13-23-14-4-6-19(22(17)23)20(24)7-2-8-21(25)26/h9-12,17,19-20,22H,2-8,13-15H2,1H3,(H,25,26)/t17-,19+,20+,22-/m0/s1. The molecule has 0 bridgehead atoms. The fourth-order valence-corrected chi connectivity index (χ4v) is 7.66. The molecule has 3 aliphatic heterocycles. The summed E-state index contributed by atoms with van der Waals surface area (Å²) >= 11 is 0. The minimum Gasteiger partial charge on any atom is -0.481 e. The normalized spacial score (nSPS) is 30.7. The summed E-state index contributed by atoms with van der Waals surface area (Å²) in [6, 6.07) is 7.46. The maximum Gasteiger partial charge on any atom is 0.303 e. The van der Waals surface area contributed by atoms with Crippen LogP contribution in [-0.2, 0) is 14.8 Å². The van der Waals surface area contributed by atoms with E-state index in [-0.39, 0.29) is 12.5 Å². The fourth-order valence-electron chi connectivity index (χ4n) is 5.90. The van der Waals surface area contributed by atoms with Gasteiger partial charge in [0, 0.05) is 25.0 Å². The van der Waals surface area contributed by atoms with Crippen LogP contribution in [0.3, 0.4) is 0 Å². The van der Waals surface area contributed by atoms with E-state index in [1.54, 1.807) is 16.4 Å². The molecule has 6 nitrogen and oxygen atoms in total. The summed E-state index contributed by atoms with van der Waals surface area (Å²) < 4.78 is 29.0. The van der Waals surface area contributed by atoms with Gasteiger partial charge in [-0.15, -0.1) is 0 Å². The molecule has 0 aliphatic carbocycles. The first-order chi connectivity index (χ1) is 13.9. The van der Waals surface area contributed by atoms with Gasteiger partial charge in [-0.2, -0.15) is 4.31 Å². The molecule has 0 unspecified atom stereocenters. The lowest BCUT2D eigenvalue weighted by atomic mass is 9.70. The minimum absolute atomic E-state index is 0.0967. The number of hydrogen-bond donors (Lipinski definition) is 1. The molecule has 0 radical (unpaired) electrons. The van der Waals surface area contributed by atoms with Crippen LogP contribution < -0.4 is 0 Å². The van der Waals surface area contributed by atoms with Crippen molar-refractivity contribution >= 4 is 16.0 Å². The quantitative estimate of drug-likeness (QED) is 0.765. The molecule has 0 aromatic heterocycles. The molecule has 4 rings (SSSR count). The Balaban J connectivity index is 1.67. The van der Waals surface area contributed by atoms with Crippen LogP contribution in [0.4, 0.5) is 0 Å². The average Bonchev–Trinajstić information content (AvgIpc) is 2.69. The van der Waals surface area contributed by atoms with Gasteiger partial charge in [-0.1, -0.05) is 17.7 Å². The molecule has 1 aromatic rings. The number of rotatable bonds is 6. The van der Waals surface area contributed by atoms with Crippen LogP contribution in [0.5, 0.6) is 0 Å². The summed E-state index contributed by atoms with van der Waals surface area (Å²) in [6.07, 6.45) is 5.60. The summed E-state index contributed by atoms with van der Waals surface area (Å²) in [5, 5.41) is 9.10. The van der Waals surface area contributed by atoms with Gasteiger partial charge in [-0.05, 0) is 82.5 Å². The van der Waals surface area contributed by atoms with E-state index in [1.807, 2.05) is 19.1 Å². The smallest absolute Gasteiger partial charge is 0.303 e. The zero-order valence-electron chi connectivity index (χ0n) is 17.2. The van der Waals surface area contributed by atoms with Gasteiger partial charge < -0.3 is 5.11 Å². The number of hydrogen-bond acceptors (Lipinski definition) is 4. The van der Waals surface area contributed by atoms with E-state index in [0.717, 1.165) is 44.3 Å². The highest BCUT2D eigenvalue weighted by Crippen LogP contribution is 2.45. The zero-order valence-corrected chi connectivity index (χ0v) is 18.0. The van der Waals surface area contributed by atoms with Gasteiger partial charge in [0.2, 0.25) is 10.0 Å². The SMILES string of the molecule is Cc1ccc(S(=O)(=O)N2C[C@@H]3CCCN4CCC[C@@H]([C@H]34)[C@H]2CCCC(=O)O)cc1. The molecule has 3 saturated heterocycles. The van der Waals surface area contributed by atoms with Crippen molar-refractivity contribution in [3.63, 3.8) is 0 Å². The molecule has 3 heterocycles. The summed E-state index contributed by atoms with van der Waals surface area (Å²) in [6.45, 7) is 4.75. The number of carbonyl (C=O) groups is 1. The molecule has 7 heteroatoms. The first kappa shape index (κ1) is 20.8. The monoisotopic (exact) mass is 420 g/mol. The molecule has 1 N–H and O–H groups in total. The minimum atomic E-state index is -3.60. The molecule has 1 aromatic carbocycles. The molecule has 3 aliphatic rings. The highest BCUT2D eigenvalue weighted by molar-refractivity contribution is 7.89. The molecule has 0 saturated carbocycles. The third-order valence-corrected chi connectivity index (χ3v) is 9.05. The van der Waals surface area contributed by atoms with Gasteiger partial charge in [0.15, 0.2) is 0 Å². The van der Waals surface area contributed by atoms with Crippen LogP contribution in [0, 0.1) is 18.8 Å². The van der Waals surface area contributed by atoms with Crippen molar-refractivity contribution in [3.05, 3.63) is 29.8 Å². The van der Waals surface area contributed by atoms with E-state index in [0.29, 0.717) is 42.2 Å². The highest BCUT2D eigenvalue weighted by atomic mass is 32.2. The number of piperidine rings is 3. The van der Waals surface area contributed by atoms with E-state index in [4.69, 9.17) is 5.11 Å². The number of carboxylic acids is 1. The van der Waals surface area contributed by atoms with Crippen molar-refractivity contribution < 1.29 is 18.3 Å². The highest BCUT2D eigenvalue weighted by Gasteiger charge is 2.51.